The minimum atomic E-state index is -0.843. The molecule has 0 atom stereocenters. The predicted molar refractivity (Wildman–Crippen MR) is 66.6 cm³/mol. The first-order valence-electron chi connectivity index (χ1n) is 5.76. The number of carboxylic acids is 1. The second-order valence-electron chi connectivity index (χ2n) is 5.57. The number of hydrogen-bond donors (Lipinski definition) is 2. The molecule has 0 aliphatic heterocycles. The van der Waals surface area contributed by atoms with E-state index in [9.17, 15) is 9.59 Å². The molecule has 0 radical (unpaired) electrons. The summed E-state index contributed by atoms with van der Waals surface area (Å²) in [5, 5.41) is 8.53. The van der Waals surface area contributed by atoms with Crippen LogP contribution in [-0.4, -0.2) is 41.0 Å². The van der Waals surface area contributed by atoms with Gasteiger partial charge in [-0.15, -0.1) is 0 Å². The zero-order chi connectivity index (χ0) is 13.9. The summed E-state index contributed by atoms with van der Waals surface area (Å²) in [6.07, 6.45) is 0.530. The molecule has 1 amide bonds. The fourth-order valence-electron chi connectivity index (χ4n) is 1.32. The molecular formula is C12H24N2O3. The van der Waals surface area contributed by atoms with E-state index in [0.717, 1.165) is 0 Å². The molecule has 0 aliphatic carbocycles. The smallest absolute Gasteiger partial charge is 0.303 e. The second-order valence-corrected chi connectivity index (χ2v) is 5.57. The number of amides is 1. The van der Waals surface area contributed by atoms with Crippen molar-refractivity contribution in [3.63, 3.8) is 0 Å². The van der Waals surface area contributed by atoms with Crippen LogP contribution in [0.3, 0.4) is 0 Å². The molecule has 0 heterocycles. The fourth-order valence-corrected chi connectivity index (χ4v) is 1.32. The number of carboxylic acid groups (broad SMARTS) is 1. The maximum atomic E-state index is 12.2. The topological polar surface area (TPSA) is 83.6 Å². The molecule has 0 rings (SSSR count). The normalized spacial score (nSPS) is 12.4. The van der Waals surface area contributed by atoms with Crippen molar-refractivity contribution < 1.29 is 14.7 Å². The highest BCUT2D eigenvalue weighted by Crippen LogP contribution is 2.30. The molecule has 5 heteroatoms. The van der Waals surface area contributed by atoms with Crippen molar-refractivity contribution in [2.45, 2.75) is 46.1 Å². The molecule has 0 aromatic heterocycles. The van der Waals surface area contributed by atoms with Crippen LogP contribution < -0.4 is 5.73 Å². The number of aliphatic carboxylic acids is 1. The van der Waals surface area contributed by atoms with E-state index in [1.54, 1.807) is 11.9 Å². The van der Waals surface area contributed by atoms with E-state index in [4.69, 9.17) is 10.8 Å². The summed E-state index contributed by atoms with van der Waals surface area (Å²) in [5.74, 6) is -0.903. The summed E-state index contributed by atoms with van der Waals surface area (Å²) in [6.45, 7) is 7.68. The third kappa shape index (κ3) is 4.34. The van der Waals surface area contributed by atoms with E-state index in [1.165, 1.54) is 0 Å². The Kier molecular flexibility index (Phi) is 5.13. The summed E-state index contributed by atoms with van der Waals surface area (Å²) in [6, 6.07) is 0. The summed E-state index contributed by atoms with van der Waals surface area (Å²) in [7, 11) is 1.68. The molecule has 0 unspecified atom stereocenters. The lowest BCUT2D eigenvalue weighted by atomic mass is 9.74. The number of nitrogens with two attached hydrogens (primary N) is 1. The average molecular weight is 244 g/mol. The van der Waals surface area contributed by atoms with Crippen LogP contribution in [-0.2, 0) is 9.59 Å². The van der Waals surface area contributed by atoms with Crippen molar-refractivity contribution in [3.05, 3.63) is 0 Å². The monoisotopic (exact) mass is 244 g/mol. The Balaban J connectivity index is 4.45. The Labute approximate surface area is 103 Å². The van der Waals surface area contributed by atoms with Crippen LogP contribution in [0.15, 0.2) is 0 Å². The van der Waals surface area contributed by atoms with E-state index >= 15 is 0 Å². The highest BCUT2D eigenvalue weighted by Gasteiger charge is 2.41. The molecule has 0 saturated heterocycles. The second kappa shape index (κ2) is 5.49. The average Bonchev–Trinajstić information content (AvgIpc) is 2.13. The third-order valence-electron chi connectivity index (χ3n) is 3.38. The van der Waals surface area contributed by atoms with Gasteiger partial charge in [0.1, 0.15) is 0 Å². The van der Waals surface area contributed by atoms with Crippen LogP contribution in [0.4, 0.5) is 0 Å². The third-order valence-corrected chi connectivity index (χ3v) is 3.38. The summed E-state index contributed by atoms with van der Waals surface area (Å²) in [5.41, 5.74) is 4.69. The standard InChI is InChI=1S/C12H24N2O3/c1-11(2,12(3,4)13)10(17)14(5)8-6-7-9(15)16/h6-8,13H2,1-5H3,(H,15,16). The Morgan fingerprint density at radius 1 is 1.24 bits per heavy atom. The molecule has 3 N–H and O–H groups in total. The van der Waals surface area contributed by atoms with Gasteiger partial charge in [-0.1, -0.05) is 0 Å². The Morgan fingerprint density at radius 2 is 1.71 bits per heavy atom. The molecule has 0 fully saturated rings. The number of rotatable bonds is 6. The van der Waals surface area contributed by atoms with Crippen LogP contribution >= 0.6 is 0 Å². The van der Waals surface area contributed by atoms with Crippen LogP contribution in [0, 0.1) is 5.41 Å². The van der Waals surface area contributed by atoms with Gasteiger partial charge in [0.25, 0.3) is 0 Å². The van der Waals surface area contributed by atoms with Crippen molar-refractivity contribution in [2.24, 2.45) is 11.1 Å². The van der Waals surface area contributed by atoms with Crippen LogP contribution in [0.1, 0.15) is 40.5 Å². The first-order valence-corrected chi connectivity index (χ1v) is 5.76. The van der Waals surface area contributed by atoms with E-state index < -0.39 is 16.9 Å². The van der Waals surface area contributed by atoms with Crippen molar-refractivity contribution in [1.82, 2.24) is 4.90 Å². The van der Waals surface area contributed by atoms with E-state index in [2.05, 4.69) is 0 Å². The van der Waals surface area contributed by atoms with Gasteiger partial charge in [0.05, 0.1) is 5.41 Å². The van der Waals surface area contributed by atoms with Gasteiger partial charge in [-0.05, 0) is 34.1 Å². The fraction of sp³-hybridized carbons (Fsp3) is 0.833. The first-order chi connectivity index (χ1) is 7.50. The lowest BCUT2D eigenvalue weighted by molar-refractivity contribution is -0.143. The minimum absolute atomic E-state index is 0.0598. The molecule has 0 spiro atoms. The van der Waals surface area contributed by atoms with Gasteiger partial charge in [-0.3, -0.25) is 9.59 Å². The maximum Gasteiger partial charge on any atom is 0.303 e. The predicted octanol–water partition coefficient (Wildman–Crippen LogP) is 1.07. The quantitative estimate of drug-likeness (QED) is 0.732. The highest BCUT2D eigenvalue weighted by molar-refractivity contribution is 5.83. The van der Waals surface area contributed by atoms with Gasteiger partial charge in [0.2, 0.25) is 5.91 Å². The highest BCUT2D eigenvalue weighted by atomic mass is 16.4. The Morgan fingerprint density at radius 3 is 2.06 bits per heavy atom. The van der Waals surface area contributed by atoms with E-state index in [-0.39, 0.29) is 12.3 Å². The van der Waals surface area contributed by atoms with Crippen molar-refractivity contribution in [1.29, 1.82) is 0 Å². The van der Waals surface area contributed by atoms with Gasteiger partial charge in [-0.2, -0.15) is 0 Å². The summed E-state index contributed by atoms with van der Waals surface area (Å²) >= 11 is 0. The molecule has 17 heavy (non-hydrogen) atoms. The molecule has 0 aromatic carbocycles. The van der Waals surface area contributed by atoms with Gasteiger partial charge in [0, 0.05) is 25.6 Å². The molecule has 0 aliphatic rings. The first kappa shape index (κ1) is 15.9. The molecule has 0 bridgehead atoms. The Hall–Kier alpha value is -1.10. The van der Waals surface area contributed by atoms with Crippen LogP contribution in [0.5, 0.6) is 0 Å². The van der Waals surface area contributed by atoms with E-state index in [1.807, 2.05) is 27.7 Å². The van der Waals surface area contributed by atoms with Gasteiger partial charge in [-0.25, -0.2) is 0 Å². The minimum Gasteiger partial charge on any atom is -0.481 e. The number of carbonyl (C=O) groups is 2. The number of carbonyl (C=O) groups excluding carboxylic acids is 1. The maximum absolute atomic E-state index is 12.2. The van der Waals surface area contributed by atoms with Crippen molar-refractivity contribution >= 4 is 11.9 Å². The zero-order valence-electron chi connectivity index (χ0n) is 11.4. The van der Waals surface area contributed by atoms with Gasteiger partial charge in [0.15, 0.2) is 0 Å². The summed E-state index contributed by atoms with van der Waals surface area (Å²) < 4.78 is 0. The molecule has 0 aromatic rings. The summed E-state index contributed by atoms with van der Waals surface area (Å²) in [4.78, 5) is 24.1. The van der Waals surface area contributed by atoms with Crippen molar-refractivity contribution in [2.75, 3.05) is 13.6 Å². The van der Waals surface area contributed by atoms with E-state index in [0.29, 0.717) is 13.0 Å². The van der Waals surface area contributed by atoms with Gasteiger partial charge < -0.3 is 15.7 Å². The zero-order valence-corrected chi connectivity index (χ0v) is 11.4. The number of hydrogen-bond acceptors (Lipinski definition) is 3. The lowest BCUT2D eigenvalue weighted by Crippen LogP contribution is -2.55. The van der Waals surface area contributed by atoms with Crippen LogP contribution in [0.2, 0.25) is 0 Å². The number of nitrogens with zero attached hydrogens (tertiary/aromatic N) is 1. The molecule has 100 valence electrons. The van der Waals surface area contributed by atoms with Gasteiger partial charge >= 0.3 is 5.97 Å². The SMILES string of the molecule is CN(CCCC(=O)O)C(=O)C(C)(C)C(C)(C)N. The Bertz CT molecular complexity index is 293. The van der Waals surface area contributed by atoms with Crippen molar-refractivity contribution in [3.8, 4) is 0 Å². The largest absolute Gasteiger partial charge is 0.481 e. The lowest BCUT2D eigenvalue weighted by Gasteiger charge is -2.39. The van der Waals surface area contributed by atoms with Crippen LogP contribution in [0.25, 0.3) is 0 Å². The molecule has 0 saturated carbocycles. The molecular weight excluding hydrogens is 220 g/mol. The molecule has 5 nitrogen and oxygen atoms in total.